The number of hydrogen-bond donors (Lipinski definition) is 3. The molecule has 1 heterocycles. The first-order valence-corrected chi connectivity index (χ1v) is 8.67. The van der Waals surface area contributed by atoms with E-state index in [1.165, 1.54) is 6.20 Å². The second kappa shape index (κ2) is 8.18. The van der Waals surface area contributed by atoms with Crippen LogP contribution < -0.4 is 16.1 Å². The fourth-order valence-corrected chi connectivity index (χ4v) is 2.81. The maximum atomic E-state index is 12.4. The summed E-state index contributed by atoms with van der Waals surface area (Å²) in [5, 5.41) is 14.5. The minimum Gasteiger partial charge on any atom is -0.360 e. The number of aromatic amines is 1. The molecule has 0 aliphatic heterocycles. The molecule has 7 nitrogen and oxygen atoms in total. The molecule has 0 aliphatic carbocycles. The zero-order valence-corrected chi connectivity index (χ0v) is 15.2. The maximum Gasteiger partial charge on any atom is 0.257 e. The number of para-hydroxylation sites is 1. The molecule has 0 aliphatic rings. The van der Waals surface area contributed by atoms with E-state index >= 15 is 0 Å². The van der Waals surface area contributed by atoms with Gasteiger partial charge in [0.1, 0.15) is 5.56 Å². The van der Waals surface area contributed by atoms with Gasteiger partial charge >= 0.3 is 0 Å². The first-order chi connectivity index (χ1) is 13.5. The van der Waals surface area contributed by atoms with Crippen molar-refractivity contribution in [1.82, 2.24) is 15.6 Å². The normalized spacial score (nSPS) is 11.4. The van der Waals surface area contributed by atoms with Gasteiger partial charge in [0, 0.05) is 17.1 Å². The second-order valence-corrected chi connectivity index (χ2v) is 6.28. The van der Waals surface area contributed by atoms with Crippen LogP contribution in [0, 0.1) is 11.3 Å². The van der Waals surface area contributed by atoms with Crippen molar-refractivity contribution in [3.8, 4) is 6.07 Å². The van der Waals surface area contributed by atoms with Gasteiger partial charge in [0.05, 0.1) is 24.2 Å². The lowest BCUT2D eigenvalue weighted by Gasteiger charge is -2.14. The van der Waals surface area contributed by atoms with Crippen molar-refractivity contribution < 1.29 is 9.59 Å². The number of amides is 2. The van der Waals surface area contributed by atoms with Crippen LogP contribution in [0.4, 0.5) is 0 Å². The van der Waals surface area contributed by atoms with Crippen LogP contribution in [0.2, 0.25) is 0 Å². The number of nitrogens with one attached hydrogen (secondary N) is 3. The summed E-state index contributed by atoms with van der Waals surface area (Å²) in [6.07, 6.45) is 1.34. The van der Waals surface area contributed by atoms with E-state index in [1.807, 2.05) is 6.07 Å². The van der Waals surface area contributed by atoms with Crippen LogP contribution >= 0.6 is 0 Å². The lowest BCUT2D eigenvalue weighted by atomic mass is 10.1. The van der Waals surface area contributed by atoms with Gasteiger partial charge in [-0.15, -0.1) is 0 Å². The predicted octanol–water partition coefficient (Wildman–Crippen LogP) is 2.01. The third kappa shape index (κ3) is 4.07. The summed E-state index contributed by atoms with van der Waals surface area (Å²) < 4.78 is 0. The van der Waals surface area contributed by atoms with Gasteiger partial charge in [-0.2, -0.15) is 5.26 Å². The van der Waals surface area contributed by atoms with Crippen LogP contribution in [0.15, 0.2) is 59.5 Å². The summed E-state index contributed by atoms with van der Waals surface area (Å²) >= 11 is 0. The molecule has 0 spiro atoms. The number of fused-ring (bicyclic) bond motifs is 1. The van der Waals surface area contributed by atoms with Crippen molar-refractivity contribution in [2.75, 3.05) is 6.54 Å². The Morgan fingerprint density at radius 3 is 2.57 bits per heavy atom. The largest absolute Gasteiger partial charge is 0.360 e. The van der Waals surface area contributed by atoms with Crippen LogP contribution in [0.25, 0.3) is 10.9 Å². The van der Waals surface area contributed by atoms with Gasteiger partial charge in [0.25, 0.3) is 5.91 Å². The highest BCUT2D eigenvalue weighted by atomic mass is 16.2. The van der Waals surface area contributed by atoms with Crippen molar-refractivity contribution in [2.24, 2.45) is 0 Å². The van der Waals surface area contributed by atoms with Crippen LogP contribution in [0.3, 0.4) is 0 Å². The number of rotatable bonds is 5. The Balaban J connectivity index is 1.61. The topological polar surface area (TPSA) is 115 Å². The summed E-state index contributed by atoms with van der Waals surface area (Å²) in [4.78, 5) is 39.7. The van der Waals surface area contributed by atoms with Crippen molar-refractivity contribution in [1.29, 1.82) is 5.26 Å². The molecule has 3 rings (SSSR count). The van der Waals surface area contributed by atoms with Crippen LogP contribution in [0.1, 0.15) is 34.5 Å². The molecule has 2 amide bonds. The number of H-pyrrole nitrogens is 1. The Morgan fingerprint density at radius 2 is 1.86 bits per heavy atom. The number of aromatic nitrogens is 1. The van der Waals surface area contributed by atoms with Crippen LogP contribution in [-0.4, -0.2) is 23.3 Å². The highest BCUT2D eigenvalue weighted by Gasteiger charge is 2.15. The minimum absolute atomic E-state index is 0.0494. The lowest BCUT2D eigenvalue weighted by molar-refractivity contribution is -0.120. The number of hydrogen-bond acceptors (Lipinski definition) is 4. The highest BCUT2D eigenvalue weighted by molar-refractivity contribution is 5.98. The SMILES string of the molecule is CC(NC(=O)CNC(=O)c1c[nH]c2ccccc2c1=O)c1ccc(C#N)cc1. The van der Waals surface area contributed by atoms with Crippen molar-refractivity contribution in [2.45, 2.75) is 13.0 Å². The molecule has 0 radical (unpaired) electrons. The summed E-state index contributed by atoms with van der Waals surface area (Å²) in [6, 6.07) is 15.5. The number of carbonyl (C=O) groups excluding carboxylic acids is 2. The third-order valence-electron chi connectivity index (χ3n) is 4.36. The van der Waals surface area contributed by atoms with Gasteiger partial charge in [-0.05, 0) is 36.8 Å². The van der Waals surface area contributed by atoms with Crippen molar-refractivity contribution >= 4 is 22.7 Å². The Labute approximate surface area is 161 Å². The van der Waals surface area contributed by atoms with E-state index in [9.17, 15) is 14.4 Å². The molecule has 7 heteroatoms. The van der Waals surface area contributed by atoms with E-state index in [-0.39, 0.29) is 24.1 Å². The quantitative estimate of drug-likeness (QED) is 0.633. The molecule has 1 atom stereocenters. The average Bonchev–Trinajstić information content (AvgIpc) is 2.72. The molecule has 1 aromatic heterocycles. The Kier molecular flexibility index (Phi) is 5.51. The van der Waals surface area contributed by atoms with Crippen molar-refractivity contribution in [3.05, 3.63) is 81.6 Å². The monoisotopic (exact) mass is 374 g/mol. The number of pyridine rings is 1. The number of nitrogens with zero attached hydrogens (tertiary/aromatic N) is 1. The lowest BCUT2D eigenvalue weighted by Crippen LogP contribution is -2.39. The van der Waals surface area contributed by atoms with E-state index in [2.05, 4.69) is 15.6 Å². The molecule has 0 saturated heterocycles. The molecule has 3 N–H and O–H groups in total. The fourth-order valence-electron chi connectivity index (χ4n) is 2.81. The molecule has 3 aromatic rings. The standard InChI is InChI=1S/C21H18N4O3/c1-13(15-8-6-14(10-22)7-9-15)25-19(26)12-24-21(28)17-11-23-18-5-3-2-4-16(18)20(17)27/h2-9,11,13H,12H2,1H3,(H,23,27)(H,24,28)(H,25,26). The van der Waals surface area contributed by atoms with Gasteiger partial charge in [-0.3, -0.25) is 14.4 Å². The Morgan fingerprint density at radius 1 is 1.14 bits per heavy atom. The smallest absolute Gasteiger partial charge is 0.257 e. The van der Waals surface area contributed by atoms with E-state index < -0.39 is 11.3 Å². The van der Waals surface area contributed by atoms with Gasteiger partial charge in [-0.25, -0.2) is 0 Å². The predicted molar refractivity (Wildman–Crippen MR) is 105 cm³/mol. The molecule has 1 unspecified atom stereocenters. The maximum absolute atomic E-state index is 12.4. The summed E-state index contributed by atoms with van der Waals surface area (Å²) in [5.41, 5.74) is 1.57. The highest BCUT2D eigenvalue weighted by Crippen LogP contribution is 2.12. The zero-order valence-electron chi connectivity index (χ0n) is 15.2. The molecule has 0 bridgehead atoms. The third-order valence-corrected chi connectivity index (χ3v) is 4.36. The Hall–Kier alpha value is -3.92. The molecule has 140 valence electrons. The summed E-state index contributed by atoms with van der Waals surface area (Å²) in [5.74, 6) is -1.00. The fraction of sp³-hybridized carbons (Fsp3) is 0.143. The van der Waals surface area contributed by atoms with E-state index in [1.54, 1.807) is 55.5 Å². The molecule has 2 aromatic carbocycles. The number of benzene rings is 2. The first-order valence-electron chi connectivity index (χ1n) is 8.67. The first kappa shape index (κ1) is 18.9. The molecule has 0 fully saturated rings. The van der Waals surface area contributed by atoms with Gasteiger partial charge in [0.2, 0.25) is 11.3 Å². The second-order valence-electron chi connectivity index (χ2n) is 6.28. The average molecular weight is 374 g/mol. The van der Waals surface area contributed by atoms with E-state index in [0.717, 1.165) is 5.56 Å². The van der Waals surface area contributed by atoms with E-state index in [4.69, 9.17) is 5.26 Å². The van der Waals surface area contributed by atoms with E-state index in [0.29, 0.717) is 16.5 Å². The van der Waals surface area contributed by atoms with Gasteiger partial charge in [-0.1, -0.05) is 24.3 Å². The van der Waals surface area contributed by atoms with Gasteiger partial charge in [0.15, 0.2) is 0 Å². The zero-order chi connectivity index (χ0) is 20.1. The number of carbonyl (C=O) groups is 2. The van der Waals surface area contributed by atoms with Crippen molar-refractivity contribution in [3.63, 3.8) is 0 Å². The molecular formula is C21H18N4O3. The molecular weight excluding hydrogens is 356 g/mol. The Bertz CT molecular complexity index is 1130. The minimum atomic E-state index is -0.617. The molecule has 0 saturated carbocycles. The number of nitriles is 1. The molecule has 28 heavy (non-hydrogen) atoms. The van der Waals surface area contributed by atoms with Crippen LogP contribution in [0.5, 0.6) is 0 Å². The van der Waals surface area contributed by atoms with Gasteiger partial charge < -0.3 is 15.6 Å². The summed E-state index contributed by atoms with van der Waals surface area (Å²) in [7, 11) is 0. The summed E-state index contributed by atoms with van der Waals surface area (Å²) in [6.45, 7) is 1.54. The van der Waals surface area contributed by atoms with Crippen LogP contribution in [-0.2, 0) is 4.79 Å².